The lowest BCUT2D eigenvalue weighted by molar-refractivity contribution is -0.379. The van der Waals surface area contributed by atoms with Crippen LogP contribution in [0.4, 0.5) is 0 Å². The Morgan fingerprint density at radius 3 is 1.27 bits per heavy atom. The molecule has 17 atom stereocenters. The van der Waals surface area contributed by atoms with Gasteiger partial charge in [0.25, 0.3) is 0 Å². The summed E-state index contributed by atoms with van der Waals surface area (Å²) < 4.78 is 34.2. The number of allylic oxidation sites excluding steroid dienone is 3. The van der Waals surface area contributed by atoms with Crippen molar-refractivity contribution < 1.29 is 89.4 Å². The van der Waals surface area contributed by atoms with Gasteiger partial charge in [0.05, 0.1) is 38.6 Å². The van der Waals surface area contributed by atoms with E-state index in [4.69, 9.17) is 28.4 Å². The first-order valence-corrected chi connectivity index (χ1v) is 31.1. The standard InChI is InChI=1S/C60H111NO18/c1-3-5-7-9-11-13-15-16-17-18-19-20-21-22-23-24-25-26-28-29-31-33-35-37-44(65)43(61-48(66)38-36-34-32-30-27-14-12-10-8-6-4-2)42-74-58-54(72)51(69)56(46(40-63)76-58)79-60-55(73)52(70)57(47(41-64)77-60)78-59-53(71)50(68)49(67)45(39-62)75-59/h28-29,35,37,43-47,49-60,62-65,67-73H,3-27,30-34,36,38-42H2,1-2H3,(H,61,66)/b29-28+,37-35+. The van der Waals surface area contributed by atoms with Gasteiger partial charge in [-0.25, -0.2) is 0 Å². The monoisotopic (exact) mass is 1130 g/mol. The number of carbonyl (C=O) groups is 1. The third kappa shape index (κ3) is 27.7. The van der Waals surface area contributed by atoms with Gasteiger partial charge in [-0.15, -0.1) is 0 Å². The average Bonchev–Trinajstić information content (AvgIpc) is 3.54. The quantitative estimate of drug-likeness (QED) is 0.0248. The minimum Gasteiger partial charge on any atom is -0.394 e. The molecule has 12 N–H and O–H groups in total. The SMILES string of the molecule is CCCCCCCCCCCCCCCCCCC/C=C/CC/C=C/C(O)C(COC1OC(CO)C(OC2OC(CO)C(OC3OC(CO)C(O)C(O)C3O)C(O)C2O)C(O)C1O)NC(=O)CCCCCCCCCCCCC. The first-order valence-electron chi connectivity index (χ1n) is 31.1. The lowest BCUT2D eigenvalue weighted by Gasteiger charge is -2.48. The van der Waals surface area contributed by atoms with E-state index in [0.717, 1.165) is 38.5 Å². The van der Waals surface area contributed by atoms with E-state index in [1.807, 2.05) is 6.08 Å². The molecule has 0 aromatic carbocycles. The highest BCUT2D eigenvalue weighted by atomic mass is 16.8. The van der Waals surface area contributed by atoms with E-state index in [2.05, 4.69) is 31.3 Å². The van der Waals surface area contributed by atoms with Crippen LogP contribution >= 0.6 is 0 Å². The van der Waals surface area contributed by atoms with Crippen molar-refractivity contribution in [1.82, 2.24) is 5.32 Å². The van der Waals surface area contributed by atoms with Crippen LogP contribution < -0.4 is 5.32 Å². The molecule has 0 radical (unpaired) electrons. The molecule has 19 heteroatoms. The van der Waals surface area contributed by atoms with Crippen LogP contribution in [-0.4, -0.2) is 193 Å². The highest BCUT2D eigenvalue weighted by molar-refractivity contribution is 5.76. The van der Waals surface area contributed by atoms with Crippen LogP contribution in [0.3, 0.4) is 0 Å². The van der Waals surface area contributed by atoms with Crippen molar-refractivity contribution in [2.24, 2.45) is 0 Å². The Labute approximate surface area is 473 Å². The summed E-state index contributed by atoms with van der Waals surface area (Å²) in [6.07, 6.45) is 18.9. The zero-order valence-corrected chi connectivity index (χ0v) is 48.4. The van der Waals surface area contributed by atoms with E-state index in [1.54, 1.807) is 6.08 Å². The van der Waals surface area contributed by atoms with Gasteiger partial charge in [-0.3, -0.25) is 4.79 Å². The fourth-order valence-electron chi connectivity index (χ4n) is 10.6. The number of hydrogen-bond donors (Lipinski definition) is 12. The Morgan fingerprint density at radius 2 is 0.810 bits per heavy atom. The highest BCUT2D eigenvalue weighted by Crippen LogP contribution is 2.33. The number of amides is 1. The largest absolute Gasteiger partial charge is 0.394 e. The third-order valence-corrected chi connectivity index (χ3v) is 15.8. The van der Waals surface area contributed by atoms with Gasteiger partial charge in [0.1, 0.15) is 73.2 Å². The van der Waals surface area contributed by atoms with Crippen molar-refractivity contribution in [3.05, 3.63) is 24.3 Å². The van der Waals surface area contributed by atoms with Gasteiger partial charge in [-0.05, 0) is 32.1 Å². The molecular weight excluding hydrogens is 1020 g/mol. The van der Waals surface area contributed by atoms with Gasteiger partial charge in [-0.1, -0.05) is 205 Å². The van der Waals surface area contributed by atoms with Crippen LogP contribution in [0.15, 0.2) is 24.3 Å². The Bertz CT molecular complexity index is 1540. The van der Waals surface area contributed by atoms with Crippen LogP contribution in [0.1, 0.15) is 219 Å². The normalized spacial score (nSPS) is 30.4. The van der Waals surface area contributed by atoms with Gasteiger partial charge >= 0.3 is 0 Å². The van der Waals surface area contributed by atoms with Gasteiger partial charge in [0.2, 0.25) is 5.91 Å². The number of ether oxygens (including phenoxy) is 6. The summed E-state index contributed by atoms with van der Waals surface area (Å²) in [5.74, 6) is -0.286. The summed E-state index contributed by atoms with van der Waals surface area (Å²) in [6, 6.07) is -0.984. The molecule has 3 saturated heterocycles. The molecule has 3 rings (SSSR count). The number of carbonyl (C=O) groups excluding carboxylic acids is 1. The summed E-state index contributed by atoms with van der Waals surface area (Å²) in [5, 5.41) is 120. The second-order valence-corrected chi connectivity index (χ2v) is 22.5. The molecule has 17 unspecified atom stereocenters. The fourth-order valence-corrected chi connectivity index (χ4v) is 10.6. The number of unbranched alkanes of at least 4 members (excludes halogenated alkanes) is 28. The molecule has 79 heavy (non-hydrogen) atoms. The predicted octanol–water partition coefficient (Wildman–Crippen LogP) is 5.93. The van der Waals surface area contributed by atoms with E-state index >= 15 is 0 Å². The molecule has 3 heterocycles. The van der Waals surface area contributed by atoms with Gasteiger partial charge in [0.15, 0.2) is 18.9 Å². The van der Waals surface area contributed by atoms with Gasteiger partial charge < -0.3 is 89.9 Å². The summed E-state index contributed by atoms with van der Waals surface area (Å²) in [6.45, 7) is 1.70. The minimum atomic E-state index is -1.98. The van der Waals surface area contributed by atoms with Crippen molar-refractivity contribution in [2.45, 2.75) is 324 Å². The zero-order valence-electron chi connectivity index (χ0n) is 48.4. The summed E-state index contributed by atoms with van der Waals surface area (Å²) in [4.78, 5) is 13.3. The second kappa shape index (κ2) is 43.8. The minimum absolute atomic E-state index is 0.239. The molecule has 0 aromatic rings. The first-order chi connectivity index (χ1) is 38.3. The summed E-state index contributed by atoms with van der Waals surface area (Å²) in [5.41, 5.74) is 0. The molecular formula is C60H111NO18. The Hall–Kier alpha value is -1.73. The lowest BCUT2D eigenvalue weighted by atomic mass is 9.96. The maximum atomic E-state index is 13.3. The van der Waals surface area contributed by atoms with E-state index in [0.29, 0.717) is 12.8 Å². The molecule has 1 amide bonds. The van der Waals surface area contributed by atoms with Crippen molar-refractivity contribution in [3.63, 3.8) is 0 Å². The van der Waals surface area contributed by atoms with Crippen molar-refractivity contribution >= 4 is 5.91 Å². The van der Waals surface area contributed by atoms with Crippen LogP contribution in [0, 0.1) is 0 Å². The molecule has 0 bridgehead atoms. The van der Waals surface area contributed by atoms with Crippen LogP contribution in [0.2, 0.25) is 0 Å². The molecule has 0 aliphatic carbocycles. The van der Waals surface area contributed by atoms with Crippen molar-refractivity contribution in [3.8, 4) is 0 Å². The van der Waals surface area contributed by atoms with E-state index < -0.39 is 124 Å². The molecule has 0 aromatic heterocycles. The van der Waals surface area contributed by atoms with Crippen molar-refractivity contribution in [1.29, 1.82) is 0 Å². The first kappa shape index (κ1) is 71.5. The number of hydrogen-bond acceptors (Lipinski definition) is 18. The molecule has 3 fully saturated rings. The van der Waals surface area contributed by atoms with E-state index in [-0.39, 0.29) is 18.9 Å². The molecule has 0 saturated carbocycles. The second-order valence-electron chi connectivity index (χ2n) is 22.5. The third-order valence-electron chi connectivity index (χ3n) is 15.8. The molecule has 3 aliphatic rings. The van der Waals surface area contributed by atoms with Gasteiger partial charge in [0, 0.05) is 6.42 Å². The van der Waals surface area contributed by atoms with E-state index in [1.165, 1.54) is 148 Å². The number of rotatable bonds is 46. The van der Waals surface area contributed by atoms with E-state index in [9.17, 15) is 61.0 Å². The topological polar surface area (TPSA) is 307 Å². The summed E-state index contributed by atoms with van der Waals surface area (Å²) in [7, 11) is 0. The lowest BCUT2D eigenvalue weighted by Crippen LogP contribution is -2.66. The number of aliphatic hydroxyl groups is 11. The van der Waals surface area contributed by atoms with Crippen molar-refractivity contribution in [2.75, 3.05) is 26.4 Å². The Morgan fingerprint density at radius 1 is 0.443 bits per heavy atom. The average molecular weight is 1130 g/mol. The predicted molar refractivity (Wildman–Crippen MR) is 300 cm³/mol. The maximum absolute atomic E-state index is 13.3. The molecule has 3 aliphatic heterocycles. The summed E-state index contributed by atoms with van der Waals surface area (Å²) >= 11 is 0. The number of aliphatic hydroxyl groups excluding tert-OH is 11. The maximum Gasteiger partial charge on any atom is 0.220 e. The Kier molecular flexibility index (Phi) is 39.7. The molecule has 0 spiro atoms. The van der Waals surface area contributed by atoms with Gasteiger partial charge in [-0.2, -0.15) is 0 Å². The zero-order chi connectivity index (χ0) is 57.6. The van der Waals surface area contributed by atoms with Crippen LogP contribution in [0.5, 0.6) is 0 Å². The fraction of sp³-hybridized carbons (Fsp3) is 0.917. The molecule has 464 valence electrons. The smallest absolute Gasteiger partial charge is 0.220 e. The highest BCUT2D eigenvalue weighted by Gasteiger charge is 2.53. The van der Waals surface area contributed by atoms with Crippen LogP contribution in [-0.2, 0) is 33.2 Å². The number of nitrogens with one attached hydrogen (secondary N) is 1. The Balaban J connectivity index is 1.48. The molecule has 19 nitrogen and oxygen atoms in total. The van der Waals surface area contributed by atoms with Crippen LogP contribution in [0.25, 0.3) is 0 Å².